The van der Waals surface area contributed by atoms with Gasteiger partial charge in [0.05, 0.1) is 5.69 Å². The molecule has 2 rings (SSSR count). The number of hydrogen-bond acceptors (Lipinski definition) is 5. The number of aromatic nitrogens is 1. The fourth-order valence-electron chi connectivity index (χ4n) is 2.46. The number of nitrogens with zero attached hydrogens (tertiary/aromatic N) is 1. The van der Waals surface area contributed by atoms with Crippen molar-refractivity contribution in [3.8, 4) is 23.1 Å². The molecule has 0 aliphatic rings. The summed E-state index contributed by atoms with van der Waals surface area (Å²) in [6, 6.07) is 5.32. The summed E-state index contributed by atoms with van der Waals surface area (Å²) in [7, 11) is 1.58. The number of aryl methyl sites for hydroxylation is 1. The topological polar surface area (TPSA) is 60.8 Å². The van der Waals surface area contributed by atoms with Gasteiger partial charge in [0.25, 0.3) is 0 Å². The molecule has 0 unspecified atom stereocenters. The summed E-state index contributed by atoms with van der Waals surface area (Å²) in [5, 5.41) is 9.91. The summed E-state index contributed by atoms with van der Waals surface area (Å²) in [6.07, 6.45) is 0. The van der Waals surface area contributed by atoms with Crippen molar-refractivity contribution in [3.63, 3.8) is 0 Å². The van der Waals surface area contributed by atoms with Crippen LogP contribution in [0.3, 0.4) is 0 Å². The van der Waals surface area contributed by atoms with Gasteiger partial charge in [0, 0.05) is 13.2 Å². The molecule has 1 heterocycles. The minimum absolute atomic E-state index is 0.178. The van der Waals surface area contributed by atoms with Gasteiger partial charge in [-0.1, -0.05) is 13.8 Å². The predicted molar refractivity (Wildman–Crippen MR) is 93.2 cm³/mol. The third kappa shape index (κ3) is 3.79. The second kappa shape index (κ2) is 7.53. The first-order valence-electron chi connectivity index (χ1n) is 7.95. The Hall–Kier alpha value is -2.27. The summed E-state index contributed by atoms with van der Waals surface area (Å²) < 4.78 is 16.5. The monoisotopic (exact) mass is 331 g/mol. The summed E-state index contributed by atoms with van der Waals surface area (Å²) in [4.78, 5) is 4.59. The molecule has 0 fully saturated rings. The highest BCUT2D eigenvalue weighted by atomic mass is 16.7. The number of pyridine rings is 1. The largest absolute Gasteiger partial charge is 0.508 e. The maximum Gasteiger partial charge on any atom is 0.219 e. The number of rotatable bonds is 6. The Bertz CT molecular complexity index is 726. The van der Waals surface area contributed by atoms with Crippen LogP contribution in [0.5, 0.6) is 23.1 Å². The summed E-state index contributed by atoms with van der Waals surface area (Å²) in [5.41, 5.74) is 3.39. The van der Waals surface area contributed by atoms with Crippen molar-refractivity contribution in [1.82, 2.24) is 4.98 Å². The lowest BCUT2D eigenvalue weighted by Crippen LogP contribution is -2.05. The van der Waals surface area contributed by atoms with Crippen LogP contribution in [0.15, 0.2) is 18.2 Å². The minimum atomic E-state index is 0.178. The number of ether oxygens (including phenoxy) is 3. The fraction of sp³-hybridized carbons (Fsp3) is 0.421. The van der Waals surface area contributed by atoms with Gasteiger partial charge < -0.3 is 19.3 Å². The van der Waals surface area contributed by atoms with Crippen molar-refractivity contribution >= 4 is 0 Å². The molecule has 1 aromatic carbocycles. The van der Waals surface area contributed by atoms with Crippen LogP contribution in [0.4, 0.5) is 0 Å². The van der Waals surface area contributed by atoms with Gasteiger partial charge in [-0.25, -0.2) is 4.98 Å². The van der Waals surface area contributed by atoms with Crippen LogP contribution in [0, 0.1) is 20.8 Å². The SMILES string of the molecule is COCOc1ccc(Oc2c(C)cc(O)c(C)c2C)nc1C(C)C. The van der Waals surface area contributed by atoms with E-state index in [0.29, 0.717) is 11.6 Å². The Morgan fingerprint density at radius 2 is 1.83 bits per heavy atom. The summed E-state index contributed by atoms with van der Waals surface area (Å²) in [6.45, 7) is 9.97. The van der Waals surface area contributed by atoms with Gasteiger partial charge in [-0.15, -0.1) is 0 Å². The van der Waals surface area contributed by atoms with Gasteiger partial charge in [0.15, 0.2) is 6.79 Å². The zero-order chi connectivity index (χ0) is 17.9. The lowest BCUT2D eigenvalue weighted by Gasteiger charge is -2.17. The maximum atomic E-state index is 9.91. The van der Waals surface area contributed by atoms with Gasteiger partial charge in [0.2, 0.25) is 5.88 Å². The van der Waals surface area contributed by atoms with Crippen LogP contribution in [0.1, 0.15) is 42.1 Å². The number of phenolic OH excluding ortho intramolecular Hbond substituents is 1. The number of phenols is 1. The molecule has 0 aliphatic heterocycles. The third-order valence-electron chi connectivity index (χ3n) is 3.94. The Kier molecular flexibility index (Phi) is 5.67. The fourth-order valence-corrected chi connectivity index (χ4v) is 2.46. The van der Waals surface area contributed by atoms with Gasteiger partial charge in [-0.3, -0.25) is 0 Å². The van der Waals surface area contributed by atoms with Crippen LogP contribution in [0.25, 0.3) is 0 Å². The zero-order valence-electron chi connectivity index (χ0n) is 15.1. The van der Waals surface area contributed by atoms with E-state index in [9.17, 15) is 5.11 Å². The maximum absolute atomic E-state index is 9.91. The van der Waals surface area contributed by atoms with Gasteiger partial charge in [-0.2, -0.15) is 0 Å². The van der Waals surface area contributed by atoms with Gasteiger partial charge in [0.1, 0.15) is 17.2 Å². The first-order chi connectivity index (χ1) is 11.3. The first-order valence-corrected chi connectivity index (χ1v) is 7.95. The van der Waals surface area contributed by atoms with Crippen LogP contribution >= 0.6 is 0 Å². The van der Waals surface area contributed by atoms with Crippen molar-refractivity contribution in [3.05, 3.63) is 40.6 Å². The van der Waals surface area contributed by atoms with E-state index in [1.54, 1.807) is 19.2 Å². The molecule has 0 saturated heterocycles. The summed E-state index contributed by atoms with van der Waals surface area (Å²) in [5.74, 6) is 2.37. The Labute approximate surface area is 143 Å². The van der Waals surface area contributed by atoms with E-state index in [1.807, 2.05) is 40.7 Å². The molecule has 0 atom stereocenters. The summed E-state index contributed by atoms with van der Waals surface area (Å²) >= 11 is 0. The van der Waals surface area contributed by atoms with Crippen LogP contribution in [0.2, 0.25) is 0 Å². The number of aromatic hydroxyl groups is 1. The van der Waals surface area contributed by atoms with Crippen molar-refractivity contribution < 1.29 is 19.3 Å². The molecule has 0 aliphatic carbocycles. The lowest BCUT2D eigenvalue weighted by molar-refractivity contribution is 0.0498. The highest BCUT2D eigenvalue weighted by Gasteiger charge is 2.15. The zero-order valence-corrected chi connectivity index (χ0v) is 15.1. The molecule has 2 aromatic rings. The van der Waals surface area contributed by atoms with E-state index in [0.717, 1.165) is 28.1 Å². The molecule has 0 saturated carbocycles. The number of hydrogen-bond donors (Lipinski definition) is 1. The van der Waals surface area contributed by atoms with E-state index >= 15 is 0 Å². The van der Waals surface area contributed by atoms with Crippen LogP contribution in [-0.4, -0.2) is 24.0 Å². The molecule has 0 bridgehead atoms. The van der Waals surface area contributed by atoms with E-state index < -0.39 is 0 Å². The Morgan fingerprint density at radius 3 is 2.46 bits per heavy atom. The molecule has 24 heavy (non-hydrogen) atoms. The third-order valence-corrected chi connectivity index (χ3v) is 3.94. The minimum Gasteiger partial charge on any atom is -0.508 e. The molecule has 1 aromatic heterocycles. The average molecular weight is 331 g/mol. The number of benzene rings is 1. The van der Waals surface area contributed by atoms with E-state index in [-0.39, 0.29) is 18.5 Å². The second-order valence-corrected chi connectivity index (χ2v) is 6.13. The Morgan fingerprint density at radius 1 is 1.12 bits per heavy atom. The van der Waals surface area contributed by atoms with Crippen LogP contribution in [-0.2, 0) is 4.74 Å². The molecule has 5 heteroatoms. The van der Waals surface area contributed by atoms with Crippen LogP contribution < -0.4 is 9.47 Å². The smallest absolute Gasteiger partial charge is 0.219 e. The van der Waals surface area contributed by atoms with E-state index in [2.05, 4.69) is 4.98 Å². The first kappa shape index (κ1) is 18.1. The van der Waals surface area contributed by atoms with Crippen molar-refractivity contribution in [1.29, 1.82) is 0 Å². The lowest BCUT2D eigenvalue weighted by atomic mass is 10.0. The molecule has 0 spiro atoms. The van der Waals surface area contributed by atoms with Crippen molar-refractivity contribution in [2.75, 3.05) is 13.9 Å². The molecular formula is C19H25NO4. The van der Waals surface area contributed by atoms with E-state index in [4.69, 9.17) is 14.2 Å². The number of methoxy groups -OCH3 is 1. The van der Waals surface area contributed by atoms with Crippen molar-refractivity contribution in [2.24, 2.45) is 0 Å². The van der Waals surface area contributed by atoms with Gasteiger partial charge >= 0.3 is 0 Å². The average Bonchev–Trinajstić information content (AvgIpc) is 2.55. The highest BCUT2D eigenvalue weighted by Crippen LogP contribution is 2.36. The quantitative estimate of drug-likeness (QED) is 0.783. The van der Waals surface area contributed by atoms with E-state index in [1.165, 1.54) is 0 Å². The highest BCUT2D eigenvalue weighted by molar-refractivity contribution is 5.52. The van der Waals surface area contributed by atoms with Crippen molar-refractivity contribution in [2.45, 2.75) is 40.5 Å². The molecule has 130 valence electrons. The standard InChI is InChI=1S/C19H25NO4/c1-11(2)18-16(23-10-22-6)7-8-17(20-18)24-19-12(3)9-15(21)13(4)14(19)5/h7-9,11,21H,10H2,1-6H3. The molecule has 1 N–H and O–H groups in total. The molecule has 5 nitrogen and oxygen atoms in total. The Balaban J connectivity index is 2.37. The van der Waals surface area contributed by atoms with Gasteiger partial charge in [-0.05, 0) is 55.5 Å². The predicted octanol–water partition coefficient (Wildman–Crippen LogP) is 4.61. The second-order valence-electron chi connectivity index (χ2n) is 6.13. The normalized spacial score (nSPS) is 11.0. The molecule has 0 amide bonds. The molecular weight excluding hydrogens is 306 g/mol. The molecule has 0 radical (unpaired) electrons.